The molecule has 0 aliphatic carbocycles. The fourth-order valence-corrected chi connectivity index (χ4v) is 2.93. The molecule has 3 heteroatoms. The smallest absolute Gasteiger partial charge is 0.162 e. The van der Waals surface area contributed by atoms with Crippen molar-refractivity contribution < 1.29 is 4.42 Å². The van der Waals surface area contributed by atoms with Gasteiger partial charge in [-0.05, 0) is 12.1 Å². The Morgan fingerprint density at radius 1 is 0.850 bits per heavy atom. The van der Waals surface area contributed by atoms with E-state index in [4.69, 9.17) is 4.42 Å². The molecule has 0 fully saturated rings. The van der Waals surface area contributed by atoms with Crippen LogP contribution in [0.4, 0.5) is 0 Å². The summed E-state index contributed by atoms with van der Waals surface area (Å²) in [6.07, 6.45) is 1.91. The molecule has 20 heavy (non-hydrogen) atoms. The third-order valence-corrected chi connectivity index (χ3v) is 3.86. The monoisotopic (exact) mass is 258 g/mol. The van der Waals surface area contributed by atoms with Gasteiger partial charge in [0.25, 0.3) is 0 Å². The minimum Gasteiger partial charge on any atom is -0.454 e. The van der Waals surface area contributed by atoms with Crippen molar-refractivity contribution in [3.63, 3.8) is 0 Å². The van der Waals surface area contributed by atoms with Crippen LogP contribution in [-0.2, 0) is 0 Å². The summed E-state index contributed by atoms with van der Waals surface area (Å²) >= 11 is 0. The second-order valence-electron chi connectivity index (χ2n) is 4.99. The summed E-state index contributed by atoms with van der Waals surface area (Å²) in [5, 5.41) is 3.29. The second-order valence-corrected chi connectivity index (χ2v) is 4.99. The van der Waals surface area contributed by atoms with Crippen LogP contribution in [0, 0.1) is 0 Å². The molecule has 0 spiro atoms. The Hall–Kier alpha value is -2.81. The predicted octanol–water partition coefficient (Wildman–Crippen LogP) is 4.62. The molecule has 0 amide bonds. The number of aromatic amines is 1. The van der Waals surface area contributed by atoms with Crippen molar-refractivity contribution in [3.8, 4) is 0 Å². The number of aromatic nitrogens is 2. The Morgan fingerprint density at radius 3 is 2.60 bits per heavy atom. The molecular formula is C17H10N2O. The number of hydrogen-bond acceptors (Lipinski definition) is 2. The van der Waals surface area contributed by atoms with Crippen molar-refractivity contribution in [2.24, 2.45) is 0 Å². The number of hydrogen-bond donors (Lipinski definition) is 1. The van der Waals surface area contributed by atoms with E-state index in [1.807, 2.05) is 36.5 Å². The van der Waals surface area contributed by atoms with Crippen molar-refractivity contribution in [2.75, 3.05) is 0 Å². The Balaban J connectivity index is 2.10. The zero-order valence-corrected chi connectivity index (χ0v) is 10.6. The van der Waals surface area contributed by atoms with Crippen molar-refractivity contribution in [3.05, 3.63) is 54.7 Å². The molecule has 0 aliphatic heterocycles. The quantitative estimate of drug-likeness (QED) is 0.440. The summed E-state index contributed by atoms with van der Waals surface area (Å²) in [5.74, 6) is 0. The van der Waals surface area contributed by atoms with E-state index in [1.165, 1.54) is 0 Å². The summed E-state index contributed by atoms with van der Waals surface area (Å²) in [4.78, 5) is 8.05. The third-order valence-electron chi connectivity index (χ3n) is 3.86. The van der Waals surface area contributed by atoms with Gasteiger partial charge in [0.15, 0.2) is 5.58 Å². The van der Waals surface area contributed by atoms with Crippen LogP contribution in [0.2, 0.25) is 0 Å². The van der Waals surface area contributed by atoms with E-state index in [-0.39, 0.29) is 0 Å². The summed E-state index contributed by atoms with van der Waals surface area (Å²) < 4.78 is 6.02. The van der Waals surface area contributed by atoms with Crippen LogP contribution in [0.15, 0.2) is 59.1 Å². The number of para-hydroxylation sites is 2. The number of pyridine rings is 1. The Morgan fingerprint density at radius 2 is 1.65 bits per heavy atom. The number of H-pyrrole nitrogens is 1. The van der Waals surface area contributed by atoms with Gasteiger partial charge >= 0.3 is 0 Å². The number of fused-ring (bicyclic) bond motifs is 7. The lowest BCUT2D eigenvalue weighted by Crippen LogP contribution is -1.75. The van der Waals surface area contributed by atoms with Crippen LogP contribution in [-0.4, -0.2) is 9.97 Å². The summed E-state index contributed by atoms with van der Waals surface area (Å²) in [7, 11) is 0. The standard InChI is InChI=1S/C17H10N2O/c1-3-7-13-11(6-1)15-16(19-13)17-12(9-18-15)10-5-2-4-8-14(10)20-17/h1-9,19H. The van der Waals surface area contributed by atoms with Gasteiger partial charge in [-0.1, -0.05) is 36.4 Å². The molecule has 2 aromatic carbocycles. The van der Waals surface area contributed by atoms with E-state index in [0.717, 1.165) is 43.9 Å². The average Bonchev–Trinajstić information content (AvgIpc) is 3.05. The highest BCUT2D eigenvalue weighted by Crippen LogP contribution is 2.34. The molecule has 1 N–H and O–H groups in total. The molecule has 0 saturated carbocycles. The molecule has 3 heterocycles. The lowest BCUT2D eigenvalue weighted by atomic mass is 10.2. The van der Waals surface area contributed by atoms with Crippen LogP contribution >= 0.6 is 0 Å². The first-order chi connectivity index (χ1) is 9.92. The average molecular weight is 258 g/mol. The molecule has 0 radical (unpaired) electrons. The highest BCUT2D eigenvalue weighted by Gasteiger charge is 2.13. The lowest BCUT2D eigenvalue weighted by Gasteiger charge is -1.91. The third kappa shape index (κ3) is 1.12. The van der Waals surface area contributed by atoms with Gasteiger partial charge in [0.1, 0.15) is 11.1 Å². The molecule has 0 aliphatic rings. The lowest BCUT2D eigenvalue weighted by molar-refractivity contribution is 0.671. The Bertz CT molecular complexity index is 1010. The minimum absolute atomic E-state index is 0.882. The molecule has 0 saturated heterocycles. The van der Waals surface area contributed by atoms with Gasteiger partial charge in [-0.15, -0.1) is 0 Å². The van der Waals surface area contributed by atoms with Crippen LogP contribution < -0.4 is 0 Å². The van der Waals surface area contributed by atoms with Crippen LogP contribution in [0.25, 0.3) is 43.9 Å². The molecule has 0 unspecified atom stereocenters. The largest absolute Gasteiger partial charge is 0.454 e. The minimum atomic E-state index is 0.882. The van der Waals surface area contributed by atoms with Gasteiger partial charge in [0.05, 0.1) is 5.52 Å². The van der Waals surface area contributed by atoms with Crippen molar-refractivity contribution in [2.45, 2.75) is 0 Å². The van der Waals surface area contributed by atoms with Gasteiger partial charge in [-0.25, -0.2) is 0 Å². The Labute approximate surface area is 113 Å². The van der Waals surface area contributed by atoms with Crippen LogP contribution in [0.3, 0.4) is 0 Å². The van der Waals surface area contributed by atoms with Gasteiger partial charge in [-0.2, -0.15) is 0 Å². The fraction of sp³-hybridized carbons (Fsp3) is 0. The maximum absolute atomic E-state index is 6.02. The van der Waals surface area contributed by atoms with E-state index in [2.05, 4.69) is 28.2 Å². The van der Waals surface area contributed by atoms with Crippen molar-refractivity contribution in [1.29, 1.82) is 0 Å². The topological polar surface area (TPSA) is 41.8 Å². The zero-order chi connectivity index (χ0) is 13.1. The van der Waals surface area contributed by atoms with Gasteiger partial charge in [0.2, 0.25) is 0 Å². The SMILES string of the molecule is c1ccc2c(c1)[nH]c1c2ncc2c3ccccc3oc21. The van der Waals surface area contributed by atoms with Gasteiger partial charge in [0, 0.05) is 27.9 Å². The summed E-state index contributed by atoms with van der Waals surface area (Å²) in [5.41, 5.74) is 4.80. The summed E-state index contributed by atoms with van der Waals surface area (Å²) in [6, 6.07) is 16.3. The van der Waals surface area contributed by atoms with E-state index in [9.17, 15) is 0 Å². The maximum Gasteiger partial charge on any atom is 0.162 e. The maximum atomic E-state index is 6.02. The molecule has 0 atom stereocenters. The van der Waals surface area contributed by atoms with E-state index in [0.29, 0.717) is 0 Å². The number of nitrogens with zero attached hydrogens (tertiary/aromatic N) is 1. The number of furan rings is 1. The van der Waals surface area contributed by atoms with Crippen LogP contribution in [0.1, 0.15) is 0 Å². The number of nitrogens with one attached hydrogen (secondary N) is 1. The summed E-state index contributed by atoms with van der Waals surface area (Å²) in [6.45, 7) is 0. The second kappa shape index (κ2) is 3.39. The Kier molecular flexibility index (Phi) is 1.70. The predicted molar refractivity (Wildman–Crippen MR) is 80.9 cm³/mol. The first-order valence-corrected chi connectivity index (χ1v) is 6.58. The molecule has 3 aromatic heterocycles. The van der Waals surface area contributed by atoms with Gasteiger partial charge in [-0.3, -0.25) is 4.98 Å². The van der Waals surface area contributed by atoms with Crippen molar-refractivity contribution in [1.82, 2.24) is 9.97 Å². The number of rotatable bonds is 0. The van der Waals surface area contributed by atoms with E-state index >= 15 is 0 Å². The molecule has 94 valence electrons. The highest BCUT2D eigenvalue weighted by molar-refractivity contribution is 6.18. The molecule has 5 rings (SSSR count). The normalized spacial score (nSPS) is 12.0. The first-order valence-electron chi connectivity index (χ1n) is 6.58. The molecular weight excluding hydrogens is 248 g/mol. The van der Waals surface area contributed by atoms with Gasteiger partial charge < -0.3 is 9.40 Å². The number of benzene rings is 2. The first kappa shape index (κ1) is 10.0. The van der Waals surface area contributed by atoms with E-state index < -0.39 is 0 Å². The van der Waals surface area contributed by atoms with Crippen molar-refractivity contribution >= 4 is 43.9 Å². The van der Waals surface area contributed by atoms with Crippen LogP contribution in [0.5, 0.6) is 0 Å². The zero-order valence-electron chi connectivity index (χ0n) is 10.6. The fourth-order valence-electron chi connectivity index (χ4n) is 2.93. The molecule has 5 aromatic rings. The molecule has 3 nitrogen and oxygen atoms in total. The molecule has 0 bridgehead atoms. The highest BCUT2D eigenvalue weighted by atomic mass is 16.3. The van der Waals surface area contributed by atoms with E-state index in [1.54, 1.807) is 0 Å².